The van der Waals surface area contributed by atoms with E-state index in [0.29, 0.717) is 12.0 Å². The van der Waals surface area contributed by atoms with Crippen LogP contribution < -0.4 is 11.1 Å². The lowest BCUT2D eigenvalue weighted by Gasteiger charge is -2.31. The first-order chi connectivity index (χ1) is 7.90. The van der Waals surface area contributed by atoms with Gasteiger partial charge < -0.3 is 15.8 Å². The van der Waals surface area contributed by atoms with Crippen molar-refractivity contribution in [3.63, 3.8) is 0 Å². The van der Waals surface area contributed by atoms with Gasteiger partial charge in [-0.1, -0.05) is 12.8 Å². The van der Waals surface area contributed by atoms with Crippen LogP contribution in [0.25, 0.3) is 0 Å². The quantitative estimate of drug-likeness (QED) is 0.747. The standard InChI is InChI=1S/C13H26N2O/c14-9-12-3-1-2-4-13(12)15-7-5-11-6-8-16-10-11/h11-13,15H,1-10,14H2. The van der Waals surface area contributed by atoms with E-state index in [1.165, 1.54) is 38.5 Å². The molecule has 3 atom stereocenters. The molecular weight excluding hydrogens is 200 g/mol. The Hall–Kier alpha value is -0.120. The van der Waals surface area contributed by atoms with E-state index in [2.05, 4.69) is 5.32 Å². The van der Waals surface area contributed by atoms with E-state index in [1.54, 1.807) is 0 Å². The smallest absolute Gasteiger partial charge is 0.0495 e. The molecule has 0 aromatic rings. The van der Waals surface area contributed by atoms with Gasteiger partial charge in [-0.05, 0) is 50.6 Å². The molecule has 1 saturated heterocycles. The Bertz CT molecular complexity index is 192. The third-order valence-electron chi connectivity index (χ3n) is 4.19. The van der Waals surface area contributed by atoms with Gasteiger partial charge in [-0.2, -0.15) is 0 Å². The summed E-state index contributed by atoms with van der Waals surface area (Å²) in [7, 11) is 0. The van der Waals surface area contributed by atoms with E-state index < -0.39 is 0 Å². The van der Waals surface area contributed by atoms with E-state index in [0.717, 1.165) is 32.2 Å². The summed E-state index contributed by atoms with van der Waals surface area (Å²) in [6.45, 7) is 3.95. The summed E-state index contributed by atoms with van der Waals surface area (Å²) in [5.74, 6) is 1.51. The Morgan fingerprint density at radius 2 is 2.06 bits per heavy atom. The van der Waals surface area contributed by atoms with Crippen molar-refractivity contribution in [1.82, 2.24) is 5.32 Å². The molecule has 1 aliphatic carbocycles. The summed E-state index contributed by atoms with van der Waals surface area (Å²) in [4.78, 5) is 0. The van der Waals surface area contributed by atoms with Crippen molar-refractivity contribution in [3.05, 3.63) is 0 Å². The number of nitrogens with two attached hydrogens (primary N) is 1. The minimum absolute atomic E-state index is 0.682. The van der Waals surface area contributed by atoms with Crippen LogP contribution >= 0.6 is 0 Å². The minimum atomic E-state index is 0.682. The monoisotopic (exact) mass is 226 g/mol. The zero-order chi connectivity index (χ0) is 11.2. The summed E-state index contributed by atoms with van der Waals surface area (Å²) in [6, 6.07) is 0.682. The van der Waals surface area contributed by atoms with E-state index in [4.69, 9.17) is 10.5 Å². The minimum Gasteiger partial charge on any atom is -0.381 e. The lowest BCUT2D eigenvalue weighted by Crippen LogP contribution is -2.42. The molecule has 3 nitrogen and oxygen atoms in total. The van der Waals surface area contributed by atoms with Crippen molar-refractivity contribution in [1.29, 1.82) is 0 Å². The van der Waals surface area contributed by atoms with E-state index in [-0.39, 0.29) is 0 Å². The molecule has 94 valence electrons. The summed E-state index contributed by atoms with van der Waals surface area (Å²) in [5.41, 5.74) is 5.83. The van der Waals surface area contributed by atoms with E-state index >= 15 is 0 Å². The highest BCUT2D eigenvalue weighted by molar-refractivity contribution is 4.81. The third kappa shape index (κ3) is 3.44. The highest BCUT2D eigenvalue weighted by Crippen LogP contribution is 2.24. The molecule has 1 saturated carbocycles. The Morgan fingerprint density at radius 3 is 2.81 bits per heavy atom. The van der Waals surface area contributed by atoms with Gasteiger partial charge in [0.1, 0.15) is 0 Å². The number of ether oxygens (including phenoxy) is 1. The molecule has 2 aliphatic rings. The fraction of sp³-hybridized carbons (Fsp3) is 1.00. The maximum Gasteiger partial charge on any atom is 0.0495 e. The number of rotatable bonds is 5. The molecule has 0 amide bonds. The molecule has 1 aliphatic heterocycles. The van der Waals surface area contributed by atoms with Crippen molar-refractivity contribution in [3.8, 4) is 0 Å². The van der Waals surface area contributed by atoms with E-state index in [1.807, 2.05) is 0 Å². The van der Waals surface area contributed by atoms with Gasteiger partial charge in [0, 0.05) is 19.3 Å². The molecule has 1 heterocycles. The third-order valence-corrected chi connectivity index (χ3v) is 4.19. The van der Waals surface area contributed by atoms with Crippen molar-refractivity contribution in [2.75, 3.05) is 26.3 Å². The Balaban J connectivity index is 1.63. The van der Waals surface area contributed by atoms with E-state index in [9.17, 15) is 0 Å². The van der Waals surface area contributed by atoms with Crippen LogP contribution in [0.3, 0.4) is 0 Å². The highest BCUT2D eigenvalue weighted by atomic mass is 16.5. The van der Waals surface area contributed by atoms with Gasteiger partial charge in [0.05, 0.1) is 0 Å². The van der Waals surface area contributed by atoms with Crippen LogP contribution in [-0.2, 0) is 4.74 Å². The molecule has 3 N–H and O–H groups in total. The van der Waals surface area contributed by atoms with Crippen molar-refractivity contribution < 1.29 is 4.74 Å². The second kappa shape index (κ2) is 6.58. The summed E-state index contributed by atoms with van der Waals surface area (Å²) in [6.07, 6.45) is 7.92. The average Bonchev–Trinajstić information content (AvgIpc) is 2.83. The average molecular weight is 226 g/mol. The van der Waals surface area contributed by atoms with Crippen LogP contribution in [0.5, 0.6) is 0 Å². The van der Waals surface area contributed by atoms with Crippen LogP contribution in [0.4, 0.5) is 0 Å². The molecule has 3 unspecified atom stereocenters. The summed E-state index contributed by atoms with van der Waals surface area (Å²) in [5, 5.41) is 3.71. The van der Waals surface area contributed by atoms with Gasteiger partial charge in [0.25, 0.3) is 0 Å². The predicted octanol–water partition coefficient (Wildman–Crippen LogP) is 1.52. The maximum absolute atomic E-state index is 5.83. The van der Waals surface area contributed by atoms with Gasteiger partial charge in [0.15, 0.2) is 0 Å². The van der Waals surface area contributed by atoms with Gasteiger partial charge in [-0.25, -0.2) is 0 Å². The first-order valence-corrected chi connectivity index (χ1v) is 6.91. The molecule has 0 spiro atoms. The Labute approximate surface area is 99.1 Å². The molecule has 0 radical (unpaired) electrons. The maximum atomic E-state index is 5.83. The lowest BCUT2D eigenvalue weighted by atomic mass is 9.84. The largest absolute Gasteiger partial charge is 0.381 e. The Morgan fingerprint density at radius 1 is 1.19 bits per heavy atom. The SMILES string of the molecule is NCC1CCCCC1NCCC1CCOC1. The molecular formula is C13H26N2O. The summed E-state index contributed by atoms with van der Waals surface area (Å²) >= 11 is 0. The molecule has 16 heavy (non-hydrogen) atoms. The van der Waals surface area contributed by atoms with Crippen LogP contribution in [0, 0.1) is 11.8 Å². The van der Waals surface area contributed by atoms with Crippen LogP contribution in [0.15, 0.2) is 0 Å². The molecule has 3 heteroatoms. The first-order valence-electron chi connectivity index (χ1n) is 6.91. The highest BCUT2D eigenvalue weighted by Gasteiger charge is 2.23. The normalized spacial score (nSPS) is 35.4. The zero-order valence-corrected chi connectivity index (χ0v) is 10.3. The van der Waals surface area contributed by atoms with Gasteiger partial charge in [-0.3, -0.25) is 0 Å². The zero-order valence-electron chi connectivity index (χ0n) is 10.3. The topological polar surface area (TPSA) is 47.3 Å². The van der Waals surface area contributed by atoms with Gasteiger partial charge >= 0.3 is 0 Å². The lowest BCUT2D eigenvalue weighted by molar-refractivity contribution is 0.183. The fourth-order valence-electron chi connectivity index (χ4n) is 3.04. The van der Waals surface area contributed by atoms with Crippen molar-refractivity contribution >= 4 is 0 Å². The first kappa shape index (κ1) is 12.3. The molecule has 0 aromatic carbocycles. The summed E-state index contributed by atoms with van der Waals surface area (Å²) < 4.78 is 5.39. The van der Waals surface area contributed by atoms with Crippen LogP contribution in [-0.4, -0.2) is 32.3 Å². The Kier molecular flexibility index (Phi) is 5.07. The second-order valence-corrected chi connectivity index (χ2v) is 5.36. The fourth-order valence-corrected chi connectivity index (χ4v) is 3.04. The molecule has 2 fully saturated rings. The molecule has 0 bridgehead atoms. The van der Waals surface area contributed by atoms with Crippen molar-refractivity contribution in [2.24, 2.45) is 17.6 Å². The number of nitrogens with one attached hydrogen (secondary N) is 1. The van der Waals surface area contributed by atoms with Crippen LogP contribution in [0.2, 0.25) is 0 Å². The second-order valence-electron chi connectivity index (χ2n) is 5.36. The molecule has 2 rings (SSSR count). The van der Waals surface area contributed by atoms with Gasteiger partial charge in [-0.15, -0.1) is 0 Å². The predicted molar refractivity (Wildman–Crippen MR) is 66.3 cm³/mol. The number of hydrogen-bond acceptors (Lipinski definition) is 3. The van der Waals surface area contributed by atoms with Crippen LogP contribution in [0.1, 0.15) is 38.5 Å². The molecule has 0 aromatic heterocycles. The number of hydrogen-bond donors (Lipinski definition) is 2. The van der Waals surface area contributed by atoms with Crippen molar-refractivity contribution in [2.45, 2.75) is 44.6 Å². The van der Waals surface area contributed by atoms with Gasteiger partial charge in [0.2, 0.25) is 0 Å².